The van der Waals surface area contributed by atoms with E-state index in [1.54, 1.807) is 13.1 Å². The summed E-state index contributed by atoms with van der Waals surface area (Å²) in [6, 6.07) is 0.767. The van der Waals surface area contributed by atoms with Crippen LogP contribution in [0.3, 0.4) is 0 Å². The molecule has 0 aliphatic carbocycles. The van der Waals surface area contributed by atoms with Crippen LogP contribution >= 0.6 is 34.9 Å². The molecule has 17 heteroatoms. The molecule has 2 aromatic rings. The molecule has 0 radical (unpaired) electrons. The number of thiazole rings is 1. The van der Waals surface area contributed by atoms with Gasteiger partial charge in [0.15, 0.2) is 5.13 Å². The fourth-order valence-electron chi connectivity index (χ4n) is 3.14. The molecule has 2 aliphatic heterocycles. The SMILES string of the molecule is Cn1nnnc1SC1=C(C(=O)O)N2C(=O)C(NC(=O)C(=CC#N)c3csc(NC=O)n3)[C@@H]2SC1. The zero-order valence-electron chi connectivity index (χ0n) is 17.0. The third kappa shape index (κ3) is 4.25. The second kappa shape index (κ2) is 9.62. The number of anilines is 1. The van der Waals surface area contributed by atoms with Crippen molar-refractivity contribution in [1.29, 1.82) is 5.26 Å². The Morgan fingerprint density at radius 3 is 2.88 bits per heavy atom. The number of hydrogen-bond acceptors (Lipinski definition) is 12. The Morgan fingerprint density at radius 1 is 1.44 bits per heavy atom. The van der Waals surface area contributed by atoms with Gasteiger partial charge in [-0.3, -0.25) is 19.3 Å². The number of allylic oxidation sites excluding steroid dienone is 1. The second-order valence-electron chi connectivity index (χ2n) is 6.61. The number of aromatic nitrogens is 5. The van der Waals surface area contributed by atoms with Gasteiger partial charge in [0, 0.05) is 29.2 Å². The summed E-state index contributed by atoms with van der Waals surface area (Å²) in [5.74, 6) is -2.36. The number of carbonyl (C=O) groups excluding carboxylic acids is 3. The van der Waals surface area contributed by atoms with Crippen molar-refractivity contribution in [2.24, 2.45) is 7.05 Å². The predicted molar refractivity (Wildman–Crippen MR) is 120 cm³/mol. The largest absolute Gasteiger partial charge is 0.477 e. The molecule has 34 heavy (non-hydrogen) atoms. The lowest BCUT2D eigenvalue weighted by atomic mass is 10.0. The van der Waals surface area contributed by atoms with Crippen molar-refractivity contribution in [3.8, 4) is 6.07 Å². The highest BCUT2D eigenvalue weighted by Gasteiger charge is 2.54. The zero-order valence-corrected chi connectivity index (χ0v) is 19.5. The van der Waals surface area contributed by atoms with Crippen molar-refractivity contribution < 1.29 is 24.3 Å². The average Bonchev–Trinajstić information content (AvgIpc) is 3.44. The summed E-state index contributed by atoms with van der Waals surface area (Å²) < 4.78 is 1.38. The maximum absolute atomic E-state index is 12.9. The van der Waals surface area contributed by atoms with Crippen LogP contribution in [0.4, 0.5) is 5.13 Å². The standard InChI is InChI=1S/C17H13N9O5S3/c1-25-17(22-23-24-25)34-9-5-32-14-10(13(29)26(14)11(9)15(30)31)21-12(28)7(2-3-18)8-4-33-16(20-8)19-6-27/h2,4,6,10,14H,5H2,1H3,(H,21,28)(H,30,31)(H,19,20,27)/t10?,14-/m0/s1. The van der Waals surface area contributed by atoms with Crippen molar-refractivity contribution in [2.45, 2.75) is 16.6 Å². The third-order valence-electron chi connectivity index (χ3n) is 4.63. The second-order valence-corrected chi connectivity index (χ2v) is 9.64. The summed E-state index contributed by atoms with van der Waals surface area (Å²) in [6.45, 7) is 0. The molecule has 0 spiro atoms. The lowest BCUT2D eigenvalue weighted by Gasteiger charge is -2.49. The van der Waals surface area contributed by atoms with Gasteiger partial charge in [-0.1, -0.05) is 0 Å². The number of hydrogen-bond donors (Lipinski definition) is 3. The number of aliphatic carboxylic acids is 1. The molecular formula is C17H13N9O5S3. The Labute approximate surface area is 203 Å². The van der Waals surface area contributed by atoms with Crippen LogP contribution in [0.15, 0.2) is 27.2 Å². The molecule has 4 heterocycles. The smallest absolute Gasteiger partial charge is 0.353 e. The van der Waals surface area contributed by atoms with E-state index in [-0.39, 0.29) is 27.8 Å². The summed E-state index contributed by atoms with van der Waals surface area (Å²) in [7, 11) is 1.61. The molecule has 2 aliphatic rings. The minimum Gasteiger partial charge on any atom is -0.477 e. The Morgan fingerprint density at radius 2 is 2.24 bits per heavy atom. The predicted octanol–water partition coefficient (Wildman–Crippen LogP) is -0.370. The molecule has 1 fully saturated rings. The van der Waals surface area contributed by atoms with Crippen molar-refractivity contribution in [1.82, 2.24) is 35.4 Å². The lowest BCUT2D eigenvalue weighted by Crippen LogP contribution is -2.70. The number of carboxylic acid groups (broad SMARTS) is 1. The van der Waals surface area contributed by atoms with Crippen LogP contribution in [0.5, 0.6) is 0 Å². The number of nitriles is 1. The van der Waals surface area contributed by atoms with Crippen LogP contribution in [0.1, 0.15) is 5.69 Å². The van der Waals surface area contributed by atoms with E-state index < -0.39 is 29.2 Å². The number of rotatable bonds is 8. The monoisotopic (exact) mass is 519 g/mol. The highest BCUT2D eigenvalue weighted by molar-refractivity contribution is 8.06. The molecule has 0 saturated carbocycles. The zero-order chi connectivity index (χ0) is 24.4. The Hall–Kier alpha value is -3.75. The molecule has 0 aromatic carbocycles. The van der Waals surface area contributed by atoms with Gasteiger partial charge in [-0.25, -0.2) is 14.5 Å². The number of thioether (sulfide) groups is 2. The number of fused-ring (bicyclic) bond motifs is 1. The molecular weight excluding hydrogens is 506 g/mol. The Kier molecular flexibility index (Phi) is 6.63. The topological polar surface area (TPSA) is 196 Å². The first-order valence-corrected chi connectivity index (χ1v) is 12.0. The van der Waals surface area contributed by atoms with Crippen LogP contribution in [0.25, 0.3) is 5.57 Å². The van der Waals surface area contributed by atoms with E-state index in [9.17, 15) is 24.3 Å². The van der Waals surface area contributed by atoms with Crippen LogP contribution in [0.2, 0.25) is 0 Å². The van der Waals surface area contributed by atoms with E-state index in [1.165, 1.54) is 21.8 Å². The quantitative estimate of drug-likeness (QED) is 0.177. The number of amides is 3. The lowest BCUT2D eigenvalue weighted by molar-refractivity contribution is -0.150. The van der Waals surface area contributed by atoms with Crippen molar-refractivity contribution in [3.05, 3.63) is 27.8 Å². The third-order valence-corrected chi connectivity index (χ3v) is 7.98. The van der Waals surface area contributed by atoms with Gasteiger partial charge in [0.2, 0.25) is 11.6 Å². The molecule has 174 valence electrons. The summed E-state index contributed by atoms with van der Waals surface area (Å²) in [5, 5.41) is 36.2. The molecule has 3 N–H and O–H groups in total. The summed E-state index contributed by atoms with van der Waals surface area (Å²) in [4.78, 5) is 53.9. The number of nitrogens with zero attached hydrogens (tertiary/aromatic N) is 7. The first-order valence-electron chi connectivity index (χ1n) is 9.23. The number of nitrogens with one attached hydrogen (secondary N) is 2. The molecule has 2 atom stereocenters. The van der Waals surface area contributed by atoms with Crippen LogP contribution in [-0.4, -0.2) is 76.6 Å². The number of β-lactam (4-membered cyclic amide) rings is 1. The minimum atomic E-state index is -1.29. The van der Waals surface area contributed by atoms with Gasteiger partial charge in [-0.2, -0.15) is 5.26 Å². The van der Waals surface area contributed by atoms with E-state index in [0.717, 1.165) is 34.1 Å². The van der Waals surface area contributed by atoms with Crippen LogP contribution in [-0.2, 0) is 26.2 Å². The minimum absolute atomic E-state index is 0.0928. The van der Waals surface area contributed by atoms with Crippen LogP contribution in [0, 0.1) is 11.3 Å². The van der Waals surface area contributed by atoms with Gasteiger partial charge in [0.25, 0.3) is 11.8 Å². The highest BCUT2D eigenvalue weighted by Crippen LogP contribution is 2.44. The Balaban J connectivity index is 1.53. The molecule has 4 rings (SSSR count). The van der Waals surface area contributed by atoms with E-state index in [2.05, 4.69) is 31.1 Å². The van der Waals surface area contributed by atoms with Gasteiger partial charge < -0.3 is 15.7 Å². The van der Waals surface area contributed by atoms with Gasteiger partial charge in [-0.15, -0.1) is 28.2 Å². The molecule has 3 amide bonds. The first-order chi connectivity index (χ1) is 16.3. The van der Waals surface area contributed by atoms with Gasteiger partial charge in [-0.05, 0) is 22.2 Å². The number of carboxylic acids is 1. The fraction of sp³-hybridized carbons (Fsp3) is 0.235. The maximum atomic E-state index is 12.9. The number of aryl methyl sites for hydroxylation is 1. The van der Waals surface area contributed by atoms with E-state index in [4.69, 9.17) is 5.26 Å². The molecule has 14 nitrogen and oxygen atoms in total. The van der Waals surface area contributed by atoms with Gasteiger partial charge in [0.05, 0.1) is 17.3 Å². The van der Waals surface area contributed by atoms with E-state index >= 15 is 0 Å². The first kappa shape index (κ1) is 23.4. The maximum Gasteiger partial charge on any atom is 0.353 e. The normalized spacial score (nSPS) is 19.7. The van der Waals surface area contributed by atoms with Gasteiger partial charge in [0.1, 0.15) is 17.1 Å². The highest BCUT2D eigenvalue weighted by atomic mass is 32.2. The van der Waals surface area contributed by atoms with Gasteiger partial charge >= 0.3 is 5.97 Å². The van der Waals surface area contributed by atoms with Crippen molar-refractivity contribution >= 4 is 69.8 Å². The average molecular weight is 520 g/mol. The number of tetrazole rings is 1. The summed E-state index contributed by atoms with van der Waals surface area (Å²) in [5.41, 5.74) is -0.135. The molecule has 0 bridgehead atoms. The summed E-state index contributed by atoms with van der Waals surface area (Å²) in [6.07, 6.45) is 1.41. The number of carbonyl (C=O) groups is 4. The fourth-order valence-corrected chi connectivity index (χ4v) is 6.19. The van der Waals surface area contributed by atoms with Crippen molar-refractivity contribution in [3.63, 3.8) is 0 Å². The van der Waals surface area contributed by atoms with Crippen molar-refractivity contribution in [2.75, 3.05) is 11.1 Å². The molecule has 1 saturated heterocycles. The summed E-state index contributed by atoms with van der Waals surface area (Å²) >= 11 is 3.38. The van der Waals surface area contributed by atoms with Crippen LogP contribution < -0.4 is 10.6 Å². The van der Waals surface area contributed by atoms with E-state index in [1.807, 2.05) is 0 Å². The van der Waals surface area contributed by atoms with E-state index in [0.29, 0.717) is 16.5 Å². The molecule has 2 aromatic heterocycles. The molecule has 1 unspecified atom stereocenters. The Bertz CT molecular complexity index is 1290.